The summed E-state index contributed by atoms with van der Waals surface area (Å²) >= 11 is 1.07. The molecule has 0 fully saturated rings. The number of thioether (sulfide) groups is 1. The molecule has 0 saturated heterocycles. The second-order valence-corrected chi connectivity index (χ2v) is 6.31. The molecule has 0 saturated carbocycles. The van der Waals surface area contributed by atoms with Crippen molar-refractivity contribution in [3.63, 3.8) is 0 Å². The average Bonchev–Trinajstić information content (AvgIpc) is 2.41. The van der Waals surface area contributed by atoms with Gasteiger partial charge in [-0.2, -0.15) is 4.98 Å². The molecule has 0 spiro atoms. The van der Waals surface area contributed by atoms with Crippen molar-refractivity contribution in [2.75, 3.05) is 5.32 Å². The van der Waals surface area contributed by atoms with Crippen LogP contribution in [0.5, 0.6) is 5.88 Å². The lowest BCUT2D eigenvalue weighted by Crippen LogP contribution is -2.23. The Morgan fingerprint density at radius 3 is 2.77 bits per heavy atom. The van der Waals surface area contributed by atoms with E-state index in [-0.39, 0.29) is 16.9 Å². The van der Waals surface area contributed by atoms with Crippen molar-refractivity contribution in [1.82, 2.24) is 9.97 Å². The minimum Gasteiger partial charge on any atom is -0.493 e. The van der Waals surface area contributed by atoms with Gasteiger partial charge in [0.25, 0.3) is 5.56 Å². The number of rotatable bonds is 4. The first-order valence-corrected chi connectivity index (χ1v) is 7.58. The lowest BCUT2D eigenvalue weighted by molar-refractivity contribution is -0.115. The molecule has 2 rings (SSSR count). The smallest absolute Gasteiger partial charge is 0.255 e. The van der Waals surface area contributed by atoms with Gasteiger partial charge in [0.15, 0.2) is 5.16 Å². The third kappa shape index (κ3) is 4.11. The van der Waals surface area contributed by atoms with Gasteiger partial charge in [0, 0.05) is 5.69 Å². The molecular formula is C15H17N3O3S. The summed E-state index contributed by atoms with van der Waals surface area (Å²) in [6.45, 7) is 5.57. The summed E-state index contributed by atoms with van der Waals surface area (Å²) in [6, 6.07) is 6.80. The van der Waals surface area contributed by atoms with Crippen molar-refractivity contribution in [1.29, 1.82) is 0 Å². The maximum absolute atomic E-state index is 12.2. The molecule has 2 aromatic rings. The topological polar surface area (TPSA) is 95.1 Å². The standard InChI is InChI=1S/C15H17N3O3S/c1-8-4-5-9(2)11(6-8)16-14(21)10(3)22-15-17-12(19)7-13(20)18-15/h4-7,10H,1-3H3,(H,16,21)(H2,17,18,19,20). The fourth-order valence-electron chi connectivity index (χ4n) is 1.80. The van der Waals surface area contributed by atoms with Crippen LogP contribution in [0.4, 0.5) is 5.69 Å². The highest BCUT2D eigenvalue weighted by Gasteiger charge is 2.17. The number of H-pyrrole nitrogens is 1. The van der Waals surface area contributed by atoms with Gasteiger partial charge in [-0.25, -0.2) is 0 Å². The van der Waals surface area contributed by atoms with Crippen LogP contribution in [-0.4, -0.2) is 26.2 Å². The lowest BCUT2D eigenvalue weighted by Gasteiger charge is -2.13. The molecule has 1 aromatic carbocycles. The van der Waals surface area contributed by atoms with E-state index in [1.807, 2.05) is 32.0 Å². The minimum atomic E-state index is -0.482. The molecule has 1 unspecified atom stereocenters. The number of anilines is 1. The normalized spacial score (nSPS) is 12.0. The molecule has 0 aliphatic carbocycles. The average molecular weight is 319 g/mol. The highest BCUT2D eigenvalue weighted by Crippen LogP contribution is 2.22. The summed E-state index contributed by atoms with van der Waals surface area (Å²) in [5.41, 5.74) is 2.33. The number of amides is 1. The van der Waals surface area contributed by atoms with Crippen LogP contribution in [0.15, 0.2) is 34.2 Å². The minimum absolute atomic E-state index is 0.202. The Morgan fingerprint density at radius 1 is 1.36 bits per heavy atom. The number of nitrogens with zero attached hydrogens (tertiary/aromatic N) is 1. The Morgan fingerprint density at radius 2 is 2.09 bits per heavy atom. The summed E-state index contributed by atoms with van der Waals surface area (Å²) in [4.78, 5) is 29.8. The molecule has 7 heteroatoms. The summed E-state index contributed by atoms with van der Waals surface area (Å²) < 4.78 is 0. The number of aromatic amines is 1. The van der Waals surface area contributed by atoms with E-state index in [0.717, 1.165) is 34.6 Å². The Balaban J connectivity index is 2.09. The Bertz CT molecular complexity index is 758. The SMILES string of the molecule is Cc1ccc(C)c(NC(=O)C(C)Sc2nc(O)cc(=O)[nH]2)c1. The van der Waals surface area contributed by atoms with Crippen molar-refractivity contribution in [3.8, 4) is 5.88 Å². The molecule has 116 valence electrons. The molecule has 3 N–H and O–H groups in total. The third-order valence-corrected chi connectivity index (χ3v) is 4.00. The molecule has 0 aliphatic heterocycles. The van der Waals surface area contributed by atoms with E-state index in [1.165, 1.54) is 0 Å². The van der Waals surface area contributed by atoms with E-state index in [4.69, 9.17) is 0 Å². The van der Waals surface area contributed by atoms with Crippen molar-refractivity contribution in [2.24, 2.45) is 0 Å². The maximum Gasteiger partial charge on any atom is 0.255 e. The zero-order chi connectivity index (χ0) is 16.3. The van der Waals surface area contributed by atoms with Gasteiger partial charge in [0.1, 0.15) is 0 Å². The van der Waals surface area contributed by atoms with Gasteiger partial charge in [-0.3, -0.25) is 9.59 Å². The number of aromatic nitrogens is 2. The molecule has 0 aliphatic rings. The van der Waals surface area contributed by atoms with Crippen LogP contribution in [0.1, 0.15) is 18.1 Å². The number of aromatic hydroxyl groups is 1. The number of benzene rings is 1. The Hall–Kier alpha value is -2.28. The molecule has 0 radical (unpaired) electrons. The Kier molecular flexibility index (Phi) is 4.87. The molecule has 0 bridgehead atoms. The van der Waals surface area contributed by atoms with Crippen LogP contribution < -0.4 is 10.9 Å². The van der Waals surface area contributed by atoms with E-state index in [0.29, 0.717) is 0 Å². The fourth-order valence-corrected chi connectivity index (χ4v) is 2.61. The lowest BCUT2D eigenvalue weighted by atomic mass is 10.1. The summed E-state index contributed by atoms with van der Waals surface area (Å²) in [5.74, 6) is -0.571. The second-order valence-electron chi connectivity index (χ2n) is 4.98. The van der Waals surface area contributed by atoms with Gasteiger partial charge < -0.3 is 15.4 Å². The van der Waals surface area contributed by atoms with Crippen molar-refractivity contribution in [2.45, 2.75) is 31.2 Å². The van der Waals surface area contributed by atoms with Gasteiger partial charge in [-0.1, -0.05) is 23.9 Å². The van der Waals surface area contributed by atoms with E-state index in [2.05, 4.69) is 15.3 Å². The predicted molar refractivity (Wildman–Crippen MR) is 86.4 cm³/mol. The van der Waals surface area contributed by atoms with Gasteiger partial charge >= 0.3 is 0 Å². The van der Waals surface area contributed by atoms with Crippen molar-refractivity contribution < 1.29 is 9.90 Å². The molecule has 22 heavy (non-hydrogen) atoms. The first-order chi connectivity index (χ1) is 10.3. The van der Waals surface area contributed by atoms with Crippen LogP contribution in [-0.2, 0) is 4.79 Å². The predicted octanol–water partition coefficient (Wildman–Crippen LogP) is 2.21. The molecule has 6 nitrogen and oxygen atoms in total. The zero-order valence-electron chi connectivity index (χ0n) is 12.5. The maximum atomic E-state index is 12.2. The number of aryl methyl sites for hydroxylation is 2. The van der Waals surface area contributed by atoms with Gasteiger partial charge in [0.2, 0.25) is 11.8 Å². The van der Waals surface area contributed by atoms with Crippen molar-refractivity contribution in [3.05, 3.63) is 45.7 Å². The van der Waals surface area contributed by atoms with E-state index in [9.17, 15) is 14.7 Å². The Labute approximate surface area is 132 Å². The summed E-state index contributed by atoms with van der Waals surface area (Å²) in [7, 11) is 0. The van der Waals surface area contributed by atoms with Gasteiger partial charge in [-0.15, -0.1) is 0 Å². The first-order valence-electron chi connectivity index (χ1n) is 6.70. The molecule has 1 heterocycles. The second kappa shape index (κ2) is 6.65. The van der Waals surface area contributed by atoms with Crippen LogP contribution in [0, 0.1) is 13.8 Å². The highest BCUT2D eigenvalue weighted by atomic mass is 32.2. The molecule has 1 amide bonds. The largest absolute Gasteiger partial charge is 0.493 e. The van der Waals surface area contributed by atoms with Crippen LogP contribution in [0.25, 0.3) is 0 Å². The van der Waals surface area contributed by atoms with Gasteiger partial charge in [-0.05, 0) is 38.0 Å². The number of hydrogen-bond donors (Lipinski definition) is 3. The molecule has 1 atom stereocenters. The molecular weight excluding hydrogens is 302 g/mol. The molecule has 1 aromatic heterocycles. The number of carbonyl (C=O) groups is 1. The van der Waals surface area contributed by atoms with E-state index >= 15 is 0 Å². The third-order valence-electron chi connectivity index (χ3n) is 3.01. The number of nitrogens with one attached hydrogen (secondary N) is 2. The van der Waals surface area contributed by atoms with E-state index < -0.39 is 10.8 Å². The van der Waals surface area contributed by atoms with Gasteiger partial charge in [0.05, 0.1) is 11.3 Å². The summed E-state index contributed by atoms with van der Waals surface area (Å²) in [5, 5.41) is 11.9. The monoisotopic (exact) mass is 319 g/mol. The quantitative estimate of drug-likeness (QED) is 0.593. The van der Waals surface area contributed by atoms with Crippen LogP contribution in [0.3, 0.4) is 0 Å². The highest BCUT2D eigenvalue weighted by molar-refractivity contribution is 8.00. The zero-order valence-corrected chi connectivity index (χ0v) is 13.3. The first kappa shape index (κ1) is 16.1. The number of hydrogen-bond acceptors (Lipinski definition) is 5. The van der Waals surface area contributed by atoms with Crippen molar-refractivity contribution >= 4 is 23.4 Å². The van der Waals surface area contributed by atoms with E-state index in [1.54, 1.807) is 6.92 Å². The fraction of sp³-hybridized carbons (Fsp3) is 0.267. The van der Waals surface area contributed by atoms with Crippen LogP contribution >= 0.6 is 11.8 Å². The van der Waals surface area contributed by atoms with Crippen LogP contribution in [0.2, 0.25) is 0 Å². The summed E-state index contributed by atoms with van der Waals surface area (Å²) in [6.07, 6.45) is 0. The number of carbonyl (C=O) groups excluding carboxylic acids is 1.